The Bertz CT molecular complexity index is 142. The minimum atomic E-state index is -0.526. The normalized spacial score (nSPS) is 21.4. The molecule has 0 amide bonds. The van der Waals surface area contributed by atoms with Gasteiger partial charge in [0.2, 0.25) is 0 Å². The van der Waals surface area contributed by atoms with Crippen molar-refractivity contribution in [3.63, 3.8) is 0 Å². The van der Waals surface area contributed by atoms with Gasteiger partial charge in [0.1, 0.15) is 0 Å². The van der Waals surface area contributed by atoms with Crippen LogP contribution in [0, 0.1) is 0 Å². The zero-order chi connectivity index (χ0) is 8.81. The van der Waals surface area contributed by atoms with Gasteiger partial charge in [-0.25, -0.2) is 0 Å². The van der Waals surface area contributed by atoms with Crippen LogP contribution < -0.4 is 5.32 Å². The topological polar surface area (TPSA) is 32.3 Å². The Hall–Kier alpha value is 0.0700. The number of rotatable bonds is 4. The van der Waals surface area contributed by atoms with Crippen LogP contribution in [-0.4, -0.2) is 53.8 Å². The molecule has 1 aliphatic rings. The van der Waals surface area contributed by atoms with Crippen molar-refractivity contribution < 1.29 is 4.21 Å². The molecule has 1 saturated heterocycles. The molecule has 0 aliphatic carbocycles. The second-order valence-corrected chi connectivity index (χ2v) is 4.84. The molecule has 12 heavy (non-hydrogen) atoms. The highest BCUT2D eigenvalue weighted by Crippen LogP contribution is 1.99. The standard InChI is InChI=1S/C8H18N2OS/c1-9-3-2-4-10-5-7-12(11)8-6-10/h9H,2-8H2,1H3. The van der Waals surface area contributed by atoms with Crippen molar-refractivity contribution in [2.45, 2.75) is 6.42 Å². The van der Waals surface area contributed by atoms with E-state index in [0.29, 0.717) is 0 Å². The Morgan fingerprint density at radius 3 is 2.67 bits per heavy atom. The number of nitrogens with zero attached hydrogens (tertiary/aromatic N) is 1. The summed E-state index contributed by atoms with van der Waals surface area (Å²) < 4.78 is 11.0. The summed E-state index contributed by atoms with van der Waals surface area (Å²) in [5, 5.41) is 3.13. The molecule has 3 nitrogen and oxygen atoms in total. The maximum atomic E-state index is 11.0. The van der Waals surface area contributed by atoms with E-state index in [4.69, 9.17) is 0 Å². The summed E-state index contributed by atoms with van der Waals surface area (Å²) >= 11 is 0. The van der Waals surface area contributed by atoms with Gasteiger partial charge in [0.05, 0.1) is 0 Å². The third-order valence-electron chi connectivity index (χ3n) is 2.17. The van der Waals surface area contributed by atoms with Crippen LogP contribution in [0.1, 0.15) is 6.42 Å². The minimum Gasteiger partial charge on any atom is -0.320 e. The fourth-order valence-electron chi connectivity index (χ4n) is 1.38. The first-order chi connectivity index (χ1) is 5.83. The van der Waals surface area contributed by atoms with Gasteiger partial charge >= 0.3 is 0 Å². The van der Waals surface area contributed by atoms with E-state index in [2.05, 4.69) is 10.2 Å². The van der Waals surface area contributed by atoms with Crippen molar-refractivity contribution in [1.82, 2.24) is 10.2 Å². The predicted molar refractivity (Wildman–Crippen MR) is 52.9 cm³/mol. The fourth-order valence-corrected chi connectivity index (χ4v) is 2.51. The van der Waals surface area contributed by atoms with Crippen molar-refractivity contribution >= 4 is 10.8 Å². The maximum absolute atomic E-state index is 11.0. The molecule has 1 N–H and O–H groups in total. The summed E-state index contributed by atoms with van der Waals surface area (Å²) in [6.45, 7) is 4.28. The predicted octanol–water partition coefficient (Wildman–Crippen LogP) is -0.340. The Balaban J connectivity index is 2.05. The van der Waals surface area contributed by atoms with Gasteiger partial charge < -0.3 is 10.2 Å². The number of hydrogen-bond donors (Lipinski definition) is 1. The van der Waals surface area contributed by atoms with Crippen molar-refractivity contribution in [3.8, 4) is 0 Å². The summed E-state index contributed by atoms with van der Waals surface area (Å²) in [5.41, 5.74) is 0. The second-order valence-electron chi connectivity index (χ2n) is 3.15. The zero-order valence-corrected chi connectivity index (χ0v) is 8.53. The molecule has 1 rings (SSSR count). The SMILES string of the molecule is CNCCCN1CCS(=O)CC1. The second kappa shape index (κ2) is 5.67. The van der Waals surface area contributed by atoms with Gasteiger partial charge in [-0.05, 0) is 26.6 Å². The molecule has 72 valence electrons. The van der Waals surface area contributed by atoms with E-state index < -0.39 is 10.8 Å². The van der Waals surface area contributed by atoms with Crippen LogP contribution in [0.25, 0.3) is 0 Å². The van der Waals surface area contributed by atoms with E-state index >= 15 is 0 Å². The van der Waals surface area contributed by atoms with Gasteiger partial charge in [-0.3, -0.25) is 4.21 Å². The van der Waals surface area contributed by atoms with Crippen molar-refractivity contribution in [2.75, 3.05) is 44.7 Å². The Morgan fingerprint density at radius 2 is 2.08 bits per heavy atom. The third kappa shape index (κ3) is 3.65. The van der Waals surface area contributed by atoms with E-state index in [9.17, 15) is 4.21 Å². The molecule has 0 spiro atoms. The molecular formula is C8H18N2OS. The summed E-state index contributed by atoms with van der Waals surface area (Å²) in [7, 11) is 1.45. The molecule has 0 unspecified atom stereocenters. The first kappa shape index (κ1) is 10.2. The summed E-state index contributed by atoms with van der Waals surface area (Å²) in [5.74, 6) is 1.75. The Kier molecular flexibility index (Phi) is 4.80. The molecule has 1 aliphatic heterocycles. The first-order valence-corrected chi connectivity index (χ1v) is 6.03. The van der Waals surface area contributed by atoms with Crippen LogP contribution in [-0.2, 0) is 10.8 Å². The van der Waals surface area contributed by atoms with Crippen LogP contribution in [0.5, 0.6) is 0 Å². The lowest BCUT2D eigenvalue weighted by Crippen LogP contribution is -2.38. The molecule has 1 fully saturated rings. The lowest BCUT2D eigenvalue weighted by atomic mass is 10.3. The van der Waals surface area contributed by atoms with E-state index in [-0.39, 0.29) is 0 Å². The Labute approximate surface area is 77.0 Å². The molecule has 0 saturated carbocycles. The smallest absolute Gasteiger partial charge is 0.0363 e. The Morgan fingerprint density at radius 1 is 1.42 bits per heavy atom. The van der Waals surface area contributed by atoms with Crippen molar-refractivity contribution in [2.24, 2.45) is 0 Å². The number of nitrogens with one attached hydrogen (secondary N) is 1. The third-order valence-corrected chi connectivity index (χ3v) is 3.45. The van der Waals surface area contributed by atoms with Crippen LogP contribution in [0.4, 0.5) is 0 Å². The monoisotopic (exact) mass is 190 g/mol. The van der Waals surface area contributed by atoms with Gasteiger partial charge in [-0.15, -0.1) is 0 Å². The van der Waals surface area contributed by atoms with Gasteiger partial charge in [0.15, 0.2) is 0 Å². The maximum Gasteiger partial charge on any atom is 0.0363 e. The average molecular weight is 190 g/mol. The molecule has 0 radical (unpaired) electrons. The summed E-state index contributed by atoms with van der Waals surface area (Å²) in [4.78, 5) is 2.40. The van der Waals surface area contributed by atoms with Gasteiger partial charge in [-0.2, -0.15) is 0 Å². The molecule has 0 atom stereocenters. The highest BCUT2D eigenvalue weighted by atomic mass is 32.2. The van der Waals surface area contributed by atoms with E-state index in [1.54, 1.807) is 0 Å². The highest BCUT2D eigenvalue weighted by molar-refractivity contribution is 7.85. The average Bonchev–Trinajstić information content (AvgIpc) is 2.09. The largest absolute Gasteiger partial charge is 0.320 e. The van der Waals surface area contributed by atoms with Gasteiger partial charge in [-0.1, -0.05) is 0 Å². The molecule has 0 aromatic rings. The van der Waals surface area contributed by atoms with Crippen LogP contribution in [0.15, 0.2) is 0 Å². The summed E-state index contributed by atoms with van der Waals surface area (Å²) in [6.07, 6.45) is 1.20. The first-order valence-electron chi connectivity index (χ1n) is 4.55. The van der Waals surface area contributed by atoms with Crippen molar-refractivity contribution in [3.05, 3.63) is 0 Å². The minimum absolute atomic E-state index is 0.526. The molecule has 0 aromatic heterocycles. The molecule has 0 aromatic carbocycles. The molecular weight excluding hydrogens is 172 g/mol. The fraction of sp³-hybridized carbons (Fsp3) is 1.00. The molecule has 4 heteroatoms. The lowest BCUT2D eigenvalue weighted by Gasteiger charge is -2.25. The highest BCUT2D eigenvalue weighted by Gasteiger charge is 2.13. The van der Waals surface area contributed by atoms with Crippen LogP contribution >= 0.6 is 0 Å². The molecule has 1 heterocycles. The zero-order valence-electron chi connectivity index (χ0n) is 7.71. The van der Waals surface area contributed by atoms with Crippen LogP contribution in [0.3, 0.4) is 0 Å². The lowest BCUT2D eigenvalue weighted by molar-refractivity contribution is 0.295. The van der Waals surface area contributed by atoms with E-state index in [1.807, 2.05) is 7.05 Å². The van der Waals surface area contributed by atoms with E-state index in [1.165, 1.54) is 6.42 Å². The quantitative estimate of drug-likeness (QED) is 0.616. The van der Waals surface area contributed by atoms with Gasteiger partial charge in [0.25, 0.3) is 0 Å². The summed E-state index contributed by atoms with van der Waals surface area (Å²) in [6, 6.07) is 0. The van der Waals surface area contributed by atoms with Gasteiger partial charge in [0, 0.05) is 35.4 Å². The van der Waals surface area contributed by atoms with Crippen LogP contribution in [0.2, 0.25) is 0 Å². The van der Waals surface area contributed by atoms with Crippen molar-refractivity contribution in [1.29, 1.82) is 0 Å². The van der Waals surface area contributed by atoms with E-state index in [0.717, 1.165) is 37.7 Å². The number of hydrogen-bond acceptors (Lipinski definition) is 3. The molecule has 0 bridgehead atoms.